The molecule has 7 aromatic rings. The summed E-state index contributed by atoms with van der Waals surface area (Å²) in [6.07, 6.45) is 8.00. The average Bonchev–Trinajstić information content (AvgIpc) is 3.15. The summed E-state index contributed by atoms with van der Waals surface area (Å²) in [4.78, 5) is 4.74. The Bertz CT molecular complexity index is 1750. The molecule has 2 nitrogen and oxygen atoms in total. The van der Waals surface area contributed by atoms with Crippen LogP contribution in [0.4, 0.5) is 34.1 Å². The predicted octanol–water partition coefficient (Wildman–Crippen LogP) is 12.2. The molecule has 0 amide bonds. The molecule has 0 N–H and O–H groups in total. The van der Waals surface area contributed by atoms with E-state index in [-0.39, 0.29) is 0 Å². The Labute approximate surface area is 272 Å². The molecule has 0 aliphatic rings. The van der Waals surface area contributed by atoms with Crippen LogP contribution in [0.3, 0.4) is 0 Å². The first-order chi connectivity index (χ1) is 22.9. The fraction of sp³-hybridized carbons (Fsp3) is 0. The van der Waals surface area contributed by atoms with Crippen LogP contribution in [0.1, 0.15) is 0 Å². The van der Waals surface area contributed by atoms with Crippen LogP contribution < -0.4 is 9.80 Å². The summed E-state index contributed by atoms with van der Waals surface area (Å²) in [5.41, 5.74) is 11.2. The van der Waals surface area contributed by atoms with Gasteiger partial charge < -0.3 is 9.80 Å². The predicted molar refractivity (Wildman–Crippen MR) is 197 cm³/mol. The second kappa shape index (κ2) is 14.4. The highest BCUT2D eigenvalue weighted by molar-refractivity contribution is 5.98. The lowest BCUT2D eigenvalue weighted by Gasteiger charge is -2.34. The maximum absolute atomic E-state index is 4.00. The van der Waals surface area contributed by atoms with Gasteiger partial charge in [0, 0.05) is 22.7 Å². The molecule has 7 aromatic carbocycles. The van der Waals surface area contributed by atoms with Gasteiger partial charge in [0.25, 0.3) is 0 Å². The Morgan fingerprint density at radius 1 is 0.283 bits per heavy atom. The number of hydrogen-bond donors (Lipinski definition) is 0. The monoisotopic (exact) mass is 590 g/mol. The highest BCUT2D eigenvalue weighted by Gasteiger charge is 2.25. The molecule has 0 aliphatic carbocycles. The van der Waals surface area contributed by atoms with Crippen molar-refractivity contribution in [3.05, 3.63) is 194 Å². The van der Waals surface area contributed by atoms with Gasteiger partial charge in [-0.1, -0.05) is 133 Å². The molecule has 0 fully saturated rings. The normalized spacial score (nSPS) is 10.3. The molecule has 0 atom stereocenters. The fourth-order valence-corrected chi connectivity index (χ4v) is 5.81. The van der Waals surface area contributed by atoms with Crippen molar-refractivity contribution in [1.29, 1.82) is 0 Å². The number of anilines is 6. The summed E-state index contributed by atoms with van der Waals surface area (Å²) in [5, 5.41) is 0. The van der Waals surface area contributed by atoms with E-state index in [1.54, 1.807) is 0 Å². The molecule has 0 radical (unpaired) electrons. The lowest BCUT2D eigenvalue weighted by atomic mass is 9.92. The third-order valence-corrected chi connectivity index (χ3v) is 7.82. The van der Waals surface area contributed by atoms with Crippen LogP contribution in [0, 0.1) is 12.8 Å². The minimum atomic E-state index is 1.08. The summed E-state index contributed by atoms with van der Waals surface area (Å²) in [6.45, 7) is 0. The number of rotatable bonds is 8. The molecule has 0 aliphatic heterocycles. The quantitative estimate of drug-likeness (QED) is 0.162. The van der Waals surface area contributed by atoms with Crippen LogP contribution in [0.25, 0.3) is 22.3 Å². The van der Waals surface area contributed by atoms with Crippen LogP contribution in [-0.4, -0.2) is 0 Å². The summed E-state index contributed by atoms with van der Waals surface area (Å²) in [7, 11) is 0. The lowest BCUT2D eigenvalue weighted by Crippen LogP contribution is -2.17. The Balaban J connectivity index is 0.00000182. The van der Waals surface area contributed by atoms with Crippen molar-refractivity contribution >= 4 is 34.1 Å². The number of hydrogen-bond acceptors (Lipinski definition) is 2. The van der Waals surface area contributed by atoms with Crippen molar-refractivity contribution in [2.24, 2.45) is 0 Å². The molecule has 0 unspecified atom stereocenters. The second-order valence-corrected chi connectivity index (χ2v) is 10.6. The van der Waals surface area contributed by atoms with Crippen LogP contribution in [-0.2, 0) is 0 Å². The van der Waals surface area contributed by atoms with Gasteiger partial charge in [0.2, 0.25) is 0 Å². The molecule has 0 spiro atoms. The van der Waals surface area contributed by atoms with E-state index in [0.717, 1.165) is 34.1 Å². The number of nitrogens with zero attached hydrogens (tertiary/aromatic N) is 2. The number of benzene rings is 7. The maximum Gasteiger partial charge on any atom is 0.0709 e. The Morgan fingerprint density at radius 2 is 0.500 bits per heavy atom. The van der Waals surface area contributed by atoms with Crippen molar-refractivity contribution in [2.75, 3.05) is 9.80 Å². The van der Waals surface area contributed by atoms with Gasteiger partial charge in [-0.3, -0.25) is 0 Å². The van der Waals surface area contributed by atoms with Crippen LogP contribution in [0.15, 0.2) is 194 Å². The third-order valence-electron chi connectivity index (χ3n) is 7.82. The molecule has 0 saturated carbocycles. The van der Waals surface area contributed by atoms with Crippen molar-refractivity contribution in [1.82, 2.24) is 0 Å². The smallest absolute Gasteiger partial charge is 0.0709 e. The summed E-state index contributed by atoms with van der Waals surface area (Å²) < 4.78 is 0. The average molecular weight is 591 g/mol. The fourth-order valence-electron chi connectivity index (χ4n) is 5.81. The zero-order valence-electron chi connectivity index (χ0n) is 25.5. The Kier molecular flexibility index (Phi) is 9.35. The van der Waals surface area contributed by atoms with E-state index in [0.29, 0.717) is 0 Å². The van der Waals surface area contributed by atoms with Crippen molar-refractivity contribution in [3.8, 4) is 35.1 Å². The zero-order valence-corrected chi connectivity index (χ0v) is 25.5. The summed E-state index contributed by atoms with van der Waals surface area (Å²) in [6, 6.07) is 68.7. The maximum atomic E-state index is 4.00. The van der Waals surface area contributed by atoms with Crippen LogP contribution >= 0.6 is 0 Å². The van der Waals surface area contributed by atoms with Gasteiger partial charge in [0.1, 0.15) is 0 Å². The molecule has 220 valence electrons. The lowest BCUT2D eigenvalue weighted by molar-refractivity contribution is 1.23. The first-order valence-corrected chi connectivity index (χ1v) is 15.3. The van der Waals surface area contributed by atoms with E-state index in [1.807, 2.05) is 0 Å². The molecule has 46 heavy (non-hydrogen) atoms. The van der Waals surface area contributed by atoms with E-state index in [2.05, 4.69) is 217 Å². The van der Waals surface area contributed by atoms with E-state index < -0.39 is 0 Å². The van der Waals surface area contributed by atoms with Gasteiger partial charge >= 0.3 is 0 Å². The number of terminal acetylenes is 1. The van der Waals surface area contributed by atoms with Crippen LogP contribution in [0.2, 0.25) is 0 Å². The van der Waals surface area contributed by atoms with Gasteiger partial charge in [-0.15, -0.1) is 12.8 Å². The topological polar surface area (TPSA) is 6.48 Å². The van der Waals surface area contributed by atoms with E-state index >= 15 is 0 Å². The Hall–Kier alpha value is -6.30. The summed E-state index contributed by atoms with van der Waals surface area (Å²) in [5.74, 6) is 0. The summed E-state index contributed by atoms with van der Waals surface area (Å²) >= 11 is 0. The van der Waals surface area contributed by atoms with E-state index in [9.17, 15) is 0 Å². The highest BCUT2D eigenvalue weighted by Crippen LogP contribution is 2.49. The third kappa shape index (κ3) is 6.31. The van der Waals surface area contributed by atoms with Gasteiger partial charge in [0.05, 0.1) is 11.4 Å². The molecule has 2 heteroatoms. The Morgan fingerprint density at radius 3 is 0.739 bits per heavy atom. The first-order valence-electron chi connectivity index (χ1n) is 15.3. The molecule has 0 bridgehead atoms. The van der Waals surface area contributed by atoms with Gasteiger partial charge in [-0.25, -0.2) is 0 Å². The molecule has 0 heterocycles. The van der Waals surface area contributed by atoms with Gasteiger partial charge in [0.15, 0.2) is 0 Å². The molecular formula is C44H34N2. The molecule has 0 aromatic heterocycles. The zero-order chi connectivity index (χ0) is 31.6. The minimum absolute atomic E-state index is 1.08. The van der Waals surface area contributed by atoms with E-state index in [1.165, 1.54) is 22.3 Å². The van der Waals surface area contributed by atoms with Crippen LogP contribution in [0.5, 0.6) is 0 Å². The molecular weight excluding hydrogens is 556 g/mol. The van der Waals surface area contributed by atoms with Gasteiger partial charge in [-0.2, -0.15) is 0 Å². The molecule has 7 rings (SSSR count). The highest BCUT2D eigenvalue weighted by atomic mass is 15.2. The SMILES string of the molecule is C#C.c1ccc(-c2cc(N(c3ccccc3)c3ccccc3)c(N(c3ccccc3)c3ccccc3)cc2-c2ccccc2)cc1. The second-order valence-electron chi connectivity index (χ2n) is 10.6. The first kappa shape index (κ1) is 29.8. The minimum Gasteiger partial charge on any atom is -0.308 e. The van der Waals surface area contributed by atoms with Gasteiger partial charge in [-0.05, 0) is 82.9 Å². The van der Waals surface area contributed by atoms with Crippen molar-refractivity contribution in [3.63, 3.8) is 0 Å². The van der Waals surface area contributed by atoms with Crippen molar-refractivity contribution < 1.29 is 0 Å². The number of para-hydroxylation sites is 4. The largest absolute Gasteiger partial charge is 0.308 e. The standard InChI is InChI=1S/C42H32N2.C2H2/c1-7-19-33(20-8-1)39-31-41(43(35-23-11-3-12-24-35)36-25-13-4-14-26-36)42(32-40(39)34-21-9-2-10-22-34)44(37-27-15-5-16-28-37)38-29-17-6-18-30-38;1-2/h1-32H;1-2H. The van der Waals surface area contributed by atoms with E-state index in [4.69, 9.17) is 0 Å². The van der Waals surface area contributed by atoms with Crippen molar-refractivity contribution in [2.45, 2.75) is 0 Å². The molecule has 0 saturated heterocycles.